The summed E-state index contributed by atoms with van der Waals surface area (Å²) in [6.07, 6.45) is 1.62. The lowest BCUT2D eigenvalue weighted by Gasteiger charge is -2.10. The summed E-state index contributed by atoms with van der Waals surface area (Å²) in [5.74, 6) is 1.32. The van der Waals surface area contributed by atoms with Crippen LogP contribution in [0.3, 0.4) is 0 Å². The minimum Gasteiger partial charge on any atom is -0.497 e. The topological polar surface area (TPSA) is 91.4 Å². The number of nitrogens with two attached hydrogens (primary N) is 1. The molecule has 112 valence electrons. The Hall–Kier alpha value is -2.70. The van der Waals surface area contributed by atoms with Crippen LogP contribution >= 0.6 is 0 Å². The van der Waals surface area contributed by atoms with E-state index in [4.69, 9.17) is 15.2 Å². The highest BCUT2D eigenvalue weighted by Crippen LogP contribution is 2.24. The quantitative estimate of drug-likeness (QED) is 0.855. The number of hydrogen-bond acceptors (Lipinski definition) is 5. The Balaban J connectivity index is 2.14. The molecule has 0 saturated heterocycles. The molecule has 21 heavy (non-hydrogen) atoms. The second-order valence-electron chi connectivity index (χ2n) is 4.43. The fraction of sp³-hybridized carbons (Fsp3) is 0.286. The van der Waals surface area contributed by atoms with Crippen molar-refractivity contribution in [2.24, 2.45) is 7.05 Å². The molecule has 0 radical (unpaired) electrons. The smallest absolute Gasteiger partial charge is 0.255 e. The number of hydrogen-bond donors (Lipinski definition) is 2. The van der Waals surface area contributed by atoms with Crippen molar-refractivity contribution < 1.29 is 14.3 Å². The first kappa shape index (κ1) is 14.7. The molecule has 0 bridgehead atoms. The van der Waals surface area contributed by atoms with E-state index >= 15 is 0 Å². The summed E-state index contributed by atoms with van der Waals surface area (Å²) in [4.78, 5) is 12.3. The van der Waals surface area contributed by atoms with Gasteiger partial charge in [0.15, 0.2) is 0 Å². The molecule has 0 spiro atoms. The zero-order chi connectivity index (χ0) is 15.4. The van der Waals surface area contributed by atoms with Gasteiger partial charge in [0.05, 0.1) is 26.0 Å². The van der Waals surface area contributed by atoms with E-state index in [1.165, 1.54) is 7.11 Å². The van der Waals surface area contributed by atoms with Crippen LogP contribution in [0.5, 0.6) is 11.5 Å². The van der Waals surface area contributed by atoms with Gasteiger partial charge in [-0.2, -0.15) is 5.10 Å². The van der Waals surface area contributed by atoms with Gasteiger partial charge in [0.25, 0.3) is 5.91 Å². The van der Waals surface area contributed by atoms with Gasteiger partial charge in [-0.3, -0.25) is 9.48 Å². The monoisotopic (exact) mass is 290 g/mol. The minimum absolute atomic E-state index is 0.269. The maximum atomic E-state index is 12.3. The maximum Gasteiger partial charge on any atom is 0.255 e. The van der Waals surface area contributed by atoms with E-state index in [2.05, 4.69) is 10.4 Å². The average molecular weight is 290 g/mol. The highest BCUT2D eigenvalue weighted by atomic mass is 16.5. The first-order valence-corrected chi connectivity index (χ1v) is 6.33. The van der Waals surface area contributed by atoms with Crippen LogP contribution < -0.4 is 20.5 Å². The fourth-order valence-electron chi connectivity index (χ4n) is 1.89. The molecule has 2 rings (SSSR count). The molecule has 0 aliphatic heterocycles. The number of carbonyl (C=O) groups excluding carboxylic acids is 1. The number of nitrogens with one attached hydrogen (secondary N) is 1. The summed E-state index contributed by atoms with van der Waals surface area (Å²) in [6, 6.07) is 5.04. The van der Waals surface area contributed by atoms with Crippen molar-refractivity contribution in [3.63, 3.8) is 0 Å². The van der Waals surface area contributed by atoms with E-state index in [1.54, 1.807) is 43.2 Å². The van der Waals surface area contributed by atoms with E-state index in [9.17, 15) is 4.79 Å². The zero-order valence-corrected chi connectivity index (χ0v) is 12.2. The first-order chi connectivity index (χ1) is 10.1. The molecule has 7 nitrogen and oxygen atoms in total. The lowest BCUT2D eigenvalue weighted by atomic mass is 10.1. The third-order valence-electron chi connectivity index (χ3n) is 3.16. The number of aromatic nitrogens is 2. The number of ether oxygens (including phenoxy) is 2. The standard InChI is InChI=1S/C14H18N4O3/c1-18-13(15)9(8-17-18)7-16-14(19)11-6-10(20-2)4-5-12(11)21-3/h4-6,8H,7,15H2,1-3H3,(H,16,19). The van der Waals surface area contributed by atoms with Gasteiger partial charge in [0, 0.05) is 19.2 Å². The molecule has 0 fully saturated rings. The van der Waals surface area contributed by atoms with E-state index in [0.29, 0.717) is 29.4 Å². The molecule has 0 saturated carbocycles. The molecule has 0 atom stereocenters. The van der Waals surface area contributed by atoms with Crippen LogP contribution in [0.1, 0.15) is 15.9 Å². The van der Waals surface area contributed by atoms with E-state index in [0.717, 1.165) is 5.56 Å². The molecule has 0 aliphatic carbocycles. The van der Waals surface area contributed by atoms with Gasteiger partial charge < -0.3 is 20.5 Å². The summed E-state index contributed by atoms with van der Waals surface area (Å²) < 4.78 is 11.9. The predicted molar refractivity (Wildman–Crippen MR) is 78.3 cm³/mol. The lowest BCUT2D eigenvalue weighted by molar-refractivity contribution is 0.0947. The van der Waals surface area contributed by atoms with Crippen molar-refractivity contribution in [3.05, 3.63) is 35.5 Å². The Morgan fingerprint density at radius 2 is 2.14 bits per heavy atom. The van der Waals surface area contributed by atoms with Crippen LogP contribution in [0.15, 0.2) is 24.4 Å². The number of nitrogen functional groups attached to an aromatic ring is 1. The molecule has 0 unspecified atom stereocenters. The summed E-state index contributed by atoms with van der Waals surface area (Å²) >= 11 is 0. The summed E-state index contributed by atoms with van der Waals surface area (Å²) in [5, 5.41) is 6.81. The Kier molecular flexibility index (Phi) is 4.32. The highest BCUT2D eigenvalue weighted by molar-refractivity contribution is 5.97. The number of benzene rings is 1. The highest BCUT2D eigenvalue weighted by Gasteiger charge is 2.14. The third-order valence-corrected chi connectivity index (χ3v) is 3.16. The normalized spacial score (nSPS) is 10.2. The van der Waals surface area contributed by atoms with Gasteiger partial charge in [-0.1, -0.05) is 0 Å². The second-order valence-corrected chi connectivity index (χ2v) is 4.43. The van der Waals surface area contributed by atoms with Gasteiger partial charge in [-0.05, 0) is 18.2 Å². The molecule has 2 aromatic rings. The lowest BCUT2D eigenvalue weighted by Crippen LogP contribution is -2.23. The first-order valence-electron chi connectivity index (χ1n) is 6.33. The fourth-order valence-corrected chi connectivity index (χ4v) is 1.89. The van der Waals surface area contributed by atoms with Crippen molar-refractivity contribution in [3.8, 4) is 11.5 Å². The number of rotatable bonds is 5. The molecular formula is C14H18N4O3. The molecule has 1 aromatic heterocycles. The van der Waals surface area contributed by atoms with Crippen molar-refractivity contribution in [1.29, 1.82) is 0 Å². The average Bonchev–Trinajstić information content (AvgIpc) is 2.83. The molecule has 0 aliphatic rings. The Labute approximate surface area is 122 Å². The SMILES string of the molecule is COc1ccc(OC)c(C(=O)NCc2cnn(C)c2N)c1. The van der Waals surface area contributed by atoms with Gasteiger partial charge in [0.2, 0.25) is 0 Å². The van der Waals surface area contributed by atoms with Gasteiger partial charge >= 0.3 is 0 Å². The Morgan fingerprint density at radius 1 is 1.38 bits per heavy atom. The second kappa shape index (κ2) is 6.17. The predicted octanol–water partition coefficient (Wildman–Crippen LogP) is 0.949. The molecule has 1 heterocycles. The van der Waals surface area contributed by atoms with Gasteiger partial charge in [-0.25, -0.2) is 0 Å². The number of carbonyl (C=O) groups is 1. The van der Waals surface area contributed by atoms with E-state index in [-0.39, 0.29) is 5.91 Å². The van der Waals surface area contributed by atoms with Crippen LogP contribution in [-0.2, 0) is 13.6 Å². The zero-order valence-electron chi connectivity index (χ0n) is 12.2. The summed E-state index contributed by atoms with van der Waals surface area (Å²) in [7, 11) is 4.79. The summed E-state index contributed by atoms with van der Waals surface area (Å²) in [5.41, 5.74) is 6.99. The number of methoxy groups -OCH3 is 2. The molecule has 3 N–H and O–H groups in total. The van der Waals surface area contributed by atoms with Gasteiger partial charge in [0.1, 0.15) is 17.3 Å². The molecule has 1 amide bonds. The summed E-state index contributed by atoms with van der Waals surface area (Å²) in [6.45, 7) is 0.291. The van der Waals surface area contributed by atoms with Crippen LogP contribution in [0, 0.1) is 0 Å². The maximum absolute atomic E-state index is 12.3. The van der Waals surface area contributed by atoms with Gasteiger partial charge in [-0.15, -0.1) is 0 Å². The van der Waals surface area contributed by atoms with Crippen molar-refractivity contribution in [2.45, 2.75) is 6.54 Å². The van der Waals surface area contributed by atoms with Crippen molar-refractivity contribution in [2.75, 3.05) is 20.0 Å². The minimum atomic E-state index is -0.269. The van der Waals surface area contributed by atoms with Crippen LogP contribution in [0.25, 0.3) is 0 Å². The number of nitrogens with zero attached hydrogens (tertiary/aromatic N) is 2. The van der Waals surface area contributed by atoms with Crippen LogP contribution in [-0.4, -0.2) is 29.9 Å². The molecule has 1 aromatic carbocycles. The Morgan fingerprint density at radius 3 is 2.71 bits per heavy atom. The Bertz CT molecular complexity index is 652. The number of anilines is 1. The van der Waals surface area contributed by atoms with E-state index < -0.39 is 0 Å². The van der Waals surface area contributed by atoms with Crippen molar-refractivity contribution in [1.82, 2.24) is 15.1 Å². The van der Waals surface area contributed by atoms with Crippen molar-refractivity contribution >= 4 is 11.7 Å². The van der Waals surface area contributed by atoms with E-state index in [1.807, 2.05) is 0 Å². The number of amides is 1. The third kappa shape index (κ3) is 3.07. The largest absolute Gasteiger partial charge is 0.497 e. The van der Waals surface area contributed by atoms with Crippen LogP contribution in [0.4, 0.5) is 5.82 Å². The molecule has 7 heteroatoms. The van der Waals surface area contributed by atoms with Crippen LogP contribution in [0.2, 0.25) is 0 Å². The number of aryl methyl sites for hydroxylation is 1. The molecular weight excluding hydrogens is 272 g/mol.